The molecule has 3 rings (SSSR count). The second kappa shape index (κ2) is 9.69. The van der Waals surface area contributed by atoms with Gasteiger partial charge in [-0.15, -0.1) is 13.2 Å². The molecule has 11 heteroatoms. The third kappa shape index (κ3) is 6.96. The first-order valence-corrected chi connectivity index (χ1v) is 9.78. The zero-order chi connectivity index (χ0) is 22.6. The molecule has 0 saturated heterocycles. The maximum Gasteiger partial charge on any atom is 0.522 e. The monoisotopic (exact) mass is 461 g/mol. The molecule has 0 unspecified atom stereocenters. The van der Waals surface area contributed by atoms with Gasteiger partial charge in [-0.2, -0.15) is 0 Å². The highest BCUT2D eigenvalue weighted by Crippen LogP contribution is 2.40. The van der Waals surface area contributed by atoms with Crippen molar-refractivity contribution in [3.05, 3.63) is 59.5 Å². The molecule has 1 aromatic carbocycles. The molecule has 0 radical (unpaired) electrons. The lowest BCUT2D eigenvalue weighted by Gasteiger charge is -2.34. The van der Waals surface area contributed by atoms with E-state index in [4.69, 9.17) is 16.3 Å². The zero-order valence-electron chi connectivity index (χ0n) is 16.3. The van der Waals surface area contributed by atoms with Crippen molar-refractivity contribution in [1.29, 1.82) is 0 Å². The van der Waals surface area contributed by atoms with E-state index in [9.17, 15) is 22.4 Å². The van der Waals surface area contributed by atoms with Gasteiger partial charge >= 0.3 is 6.36 Å². The largest absolute Gasteiger partial charge is 0.522 e. The van der Waals surface area contributed by atoms with Gasteiger partial charge < -0.3 is 14.6 Å². The molecule has 0 atom stereocenters. The quantitative estimate of drug-likeness (QED) is 0.556. The van der Waals surface area contributed by atoms with Crippen LogP contribution in [0.3, 0.4) is 0 Å². The third-order valence-electron chi connectivity index (χ3n) is 4.72. The first-order chi connectivity index (χ1) is 14.6. The molecule has 1 saturated carbocycles. The van der Waals surface area contributed by atoms with Crippen molar-refractivity contribution < 1.29 is 31.8 Å². The van der Waals surface area contributed by atoms with Gasteiger partial charge in [-0.05, 0) is 25.0 Å². The Balaban J connectivity index is 1.36. The van der Waals surface area contributed by atoms with Gasteiger partial charge in [0, 0.05) is 36.8 Å². The Bertz CT molecular complexity index is 942. The lowest BCUT2D eigenvalue weighted by Crippen LogP contribution is -2.34. The molecule has 1 amide bonds. The van der Waals surface area contributed by atoms with Crippen LogP contribution in [-0.4, -0.2) is 34.5 Å². The number of benzene rings is 1. The Morgan fingerprint density at radius 2 is 2.10 bits per heavy atom. The Kier molecular flexibility index (Phi) is 7.22. The maximum atomic E-state index is 13.4. The molecule has 1 fully saturated rings. The highest BCUT2D eigenvalue weighted by molar-refractivity contribution is 6.30. The second-order valence-electron chi connectivity index (χ2n) is 7.16. The molecule has 1 aliphatic rings. The fraction of sp³-hybridized carbons (Fsp3) is 0.400. The van der Waals surface area contributed by atoms with Crippen LogP contribution in [0.25, 0.3) is 0 Å². The summed E-state index contributed by atoms with van der Waals surface area (Å²) in [6.07, 6.45) is -1.12. The number of imidazole rings is 1. The summed E-state index contributed by atoms with van der Waals surface area (Å²) in [5.74, 6) is -0.982. The Hall–Kier alpha value is -2.59. The van der Waals surface area contributed by atoms with E-state index >= 15 is 0 Å². The number of nitrogens with one attached hydrogen (secondary N) is 1. The summed E-state index contributed by atoms with van der Waals surface area (Å²) < 4.78 is 60.9. The van der Waals surface area contributed by atoms with E-state index in [1.807, 2.05) is 0 Å². The van der Waals surface area contributed by atoms with Crippen LogP contribution in [0, 0.1) is 5.82 Å². The molecule has 1 heterocycles. The van der Waals surface area contributed by atoms with E-state index in [1.165, 1.54) is 12.1 Å². The van der Waals surface area contributed by atoms with Crippen LogP contribution in [0.1, 0.15) is 30.9 Å². The number of alkyl halides is 3. The minimum absolute atomic E-state index is 0.0420. The lowest BCUT2D eigenvalue weighted by molar-refractivity contribution is -0.351. The first-order valence-electron chi connectivity index (χ1n) is 9.41. The summed E-state index contributed by atoms with van der Waals surface area (Å²) in [6.45, 7) is 3.94. The molecule has 2 aromatic rings. The number of aromatic nitrogens is 2. The van der Waals surface area contributed by atoms with Gasteiger partial charge in [0.2, 0.25) is 0 Å². The predicted molar refractivity (Wildman–Crippen MR) is 104 cm³/mol. The van der Waals surface area contributed by atoms with Gasteiger partial charge in [-0.1, -0.05) is 18.2 Å². The molecule has 1 N–H and O–H groups in total. The van der Waals surface area contributed by atoms with E-state index in [2.05, 4.69) is 21.6 Å². The Labute approximate surface area is 180 Å². The highest BCUT2D eigenvalue weighted by Gasteiger charge is 2.41. The standard InChI is InChI=1S/C20H20ClF4N3O3/c1-12(27-19(29)10-30-14-2-3-16(21)17(22)8-14)4-5-28-9-18(26-11-28)13-6-15(7-13)31-20(23,24)25/h2-3,8-9,11,13,15H,1,4-7,10H2,(H,27,29)/t13-,15-. The number of hydrogen-bond donors (Lipinski definition) is 1. The number of nitrogens with zero attached hydrogens (tertiary/aromatic N) is 2. The molecule has 168 valence electrons. The van der Waals surface area contributed by atoms with E-state index in [0.29, 0.717) is 24.4 Å². The molecule has 1 aliphatic carbocycles. The number of halogens is 5. The van der Waals surface area contributed by atoms with E-state index in [0.717, 1.165) is 6.07 Å². The molecule has 6 nitrogen and oxygen atoms in total. The SMILES string of the molecule is C=C(CCn1cnc([C@H]2C[C@H](OC(F)(F)F)C2)c1)NC(=O)COc1ccc(Cl)c(F)c1. The number of ether oxygens (including phenoxy) is 2. The normalized spacial score (nSPS) is 18.4. The average molecular weight is 462 g/mol. The van der Waals surface area contributed by atoms with Crippen molar-refractivity contribution >= 4 is 17.5 Å². The van der Waals surface area contributed by atoms with E-state index in [-0.39, 0.29) is 36.1 Å². The minimum atomic E-state index is -4.62. The van der Waals surface area contributed by atoms with Crippen LogP contribution >= 0.6 is 11.6 Å². The van der Waals surface area contributed by atoms with Crippen molar-refractivity contribution in [1.82, 2.24) is 14.9 Å². The number of allylic oxidation sites excluding steroid dienone is 1. The molecule has 0 bridgehead atoms. The summed E-state index contributed by atoms with van der Waals surface area (Å²) in [6, 6.07) is 3.86. The summed E-state index contributed by atoms with van der Waals surface area (Å²) in [7, 11) is 0. The van der Waals surface area contributed by atoms with Crippen LogP contribution in [0.2, 0.25) is 5.02 Å². The smallest absolute Gasteiger partial charge is 0.484 e. The summed E-state index contributed by atoms with van der Waals surface area (Å²) >= 11 is 5.58. The number of aryl methyl sites for hydroxylation is 1. The number of carbonyl (C=O) groups excluding carboxylic acids is 1. The van der Waals surface area contributed by atoms with Gasteiger partial charge in [0.05, 0.1) is 23.1 Å². The van der Waals surface area contributed by atoms with Crippen LogP contribution < -0.4 is 10.1 Å². The van der Waals surface area contributed by atoms with Gasteiger partial charge in [-0.25, -0.2) is 9.37 Å². The van der Waals surface area contributed by atoms with Gasteiger partial charge in [0.15, 0.2) is 6.61 Å². The van der Waals surface area contributed by atoms with Crippen LogP contribution in [0.5, 0.6) is 5.75 Å². The fourth-order valence-electron chi connectivity index (χ4n) is 3.08. The zero-order valence-corrected chi connectivity index (χ0v) is 17.0. The van der Waals surface area contributed by atoms with Crippen molar-refractivity contribution in [2.24, 2.45) is 0 Å². The molecule has 1 aromatic heterocycles. The van der Waals surface area contributed by atoms with E-state index in [1.54, 1.807) is 17.1 Å². The van der Waals surface area contributed by atoms with Gasteiger partial charge in [0.25, 0.3) is 5.91 Å². The molecule has 0 aliphatic heterocycles. The number of carbonyl (C=O) groups is 1. The molecule has 0 spiro atoms. The number of hydrogen-bond acceptors (Lipinski definition) is 4. The average Bonchev–Trinajstić information content (AvgIpc) is 3.11. The van der Waals surface area contributed by atoms with Crippen LogP contribution in [-0.2, 0) is 16.1 Å². The fourth-order valence-corrected chi connectivity index (χ4v) is 3.20. The van der Waals surface area contributed by atoms with Crippen LogP contribution in [0.4, 0.5) is 17.6 Å². The van der Waals surface area contributed by atoms with Crippen molar-refractivity contribution in [2.75, 3.05) is 6.61 Å². The maximum absolute atomic E-state index is 13.4. The summed E-state index contributed by atoms with van der Waals surface area (Å²) in [5.41, 5.74) is 1.16. The number of rotatable bonds is 9. The molecular formula is C20H20ClF4N3O3. The Morgan fingerprint density at radius 1 is 1.35 bits per heavy atom. The topological polar surface area (TPSA) is 65.4 Å². The number of amides is 1. The van der Waals surface area contributed by atoms with Crippen LogP contribution in [0.15, 0.2) is 43.0 Å². The predicted octanol–water partition coefficient (Wildman–Crippen LogP) is 4.56. The molecule has 31 heavy (non-hydrogen) atoms. The summed E-state index contributed by atoms with van der Waals surface area (Å²) in [5, 5.41) is 2.55. The van der Waals surface area contributed by atoms with Crippen molar-refractivity contribution in [2.45, 2.75) is 44.2 Å². The first kappa shape index (κ1) is 23.1. The second-order valence-corrected chi connectivity index (χ2v) is 7.56. The van der Waals surface area contributed by atoms with Crippen molar-refractivity contribution in [3.63, 3.8) is 0 Å². The third-order valence-corrected chi connectivity index (χ3v) is 5.02. The van der Waals surface area contributed by atoms with Crippen molar-refractivity contribution in [3.8, 4) is 5.75 Å². The van der Waals surface area contributed by atoms with Gasteiger partial charge in [0.1, 0.15) is 11.6 Å². The highest BCUT2D eigenvalue weighted by atomic mass is 35.5. The summed E-state index contributed by atoms with van der Waals surface area (Å²) in [4.78, 5) is 16.2. The lowest BCUT2D eigenvalue weighted by atomic mass is 9.80. The molecular weight excluding hydrogens is 442 g/mol. The Morgan fingerprint density at radius 3 is 2.77 bits per heavy atom. The van der Waals surface area contributed by atoms with Gasteiger partial charge in [-0.3, -0.25) is 9.53 Å². The van der Waals surface area contributed by atoms with E-state index < -0.39 is 24.2 Å². The minimum Gasteiger partial charge on any atom is -0.484 e.